The zero-order valence-electron chi connectivity index (χ0n) is 5.53. The average molecular weight is 157 g/mol. The molecule has 4 heteroatoms. The van der Waals surface area contributed by atoms with E-state index < -0.39 is 0 Å². The van der Waals surface area contributed by atoms with Crippen LogP contribution < -0.4 is 0 Å². The standard InChI is InChI=1S/C6H7NO2S/c1-9-6(8)3-2-4-7-5-10/h2-3H,4H2,1H3/b3-2+. The Balaban J connectivity index is 3.55. The Labute approximate surface area is 64.4 Å². The second kappa shape index (κ2) is 6.13. The SMILES string of the molecule is COC(=O)/C=C/CN=C=S. The molecule has 3 nitrogen and oxygen atoms in total. The van der Waals surface area contributed by atoms with E-state index in [0.717, 1.165) is 0 Å². The molecule has 0 amide bonds. The van der Waals surface area contributed by atoms with E-state index in [1.165, 1.54) is 13.2 Å². The molecule has 0 unspecified atom stereocenters. The largest absolute Gasteiger partial charge is 0.466 e. The van der Waals surface area contributed by atoms with Gasteiger partial charge in [0.05, 0.1) is 18.8 Å². The molecule has 0 saturated heterocycles. The minimum Gasteiger partial charge on any atom is -0.466 e. The number of ether oxygens (including phenoxy) is 1. The number of rotatable bonds is 3. The van der Waals surface area contributed by atoms with Crippen LogP contribution in [0.3, 0.4) is 0 Å². The maximum atomic E-state index is 10.4. The van der Waals surface area contributed by atoms with E-state index in [0.29, 0.717) is 6.54 Å². The fourth-order valence-electron chi connectivity index (χ4n) is 0.307. The number of aliphatic imine (C=N–C) groups is 1. The van der Waals surface area contributed by atoms with E-state index in [-0.39, 0.29) is 5.97 Å². The zero-order valence-corrected chi connectivity index (χ0v) is 6.35. The molecule has 0 N–H and O–H groups in total. The van der Waals surface area contributed by atoms with Gasteiger partial charge in [-0.1, -0.05) is 6.08 Å². The molecule has 0 heterocycles. The summed E-state index contributed by atoms with van der Waals surface area (Å²) in [5, 5.41) is 2.16. The van der Waals surface area contributed by atoms with Gasteiger partial charge in [-0.2, -0.15) is 0 Å². The smallest absolute Gasteiger partial charge is 0.330 e. The Morgan fingerprint density at radius 1 is 1.90 bits per heavy atom. The average Bonchev–Trinajstić information content (AvgIpc) is 1.98. The van der Waals surface area contributed by atoms with Crippen molar-refractivity contribution in [2.75, 3.05) is 13.7 Å². The van der Waals surface area contributed by atoms with E-state index in [2.05, 4.69) is 27.1 Å². The molecule has 10 heavy (non-hydrogen) atoms. The summed E-state index contributed by atoms with van der Waals surface area (Å²) in [7, 11) is 1.31. The van der Waals surface area contributed by atoms with E-state index in [9.17, 15) is 4.79 Å². The molecule has 0 spiro atoms. The fraction of sp³-hybridized carbons (Fsp3) is 0.333. The first kappa shape index (κ1) is 9.01. The lowest BCUT2D eigenvalue weighted by molar-refractivity contribution is -0.134. The summed E-state index contributed by atoms with van der Waals surface area (Å²) in [4.78, 5) is 13.9. The number of esters is 1. The molecule has 0 aliphatic rings. The highest BCUT2D eigenvalue weighted by Crippen LogP contribution is 1.77. The summed E-state index contributed by atoms with van der Waals surface area (Å²) >= 11 is 4.29. The summed E-state index contributed by atoms with van der Waals surface area (Å²) in [5.41, 5.74) is 0. The van der Waals surface area contributed by atoms with Crippen molar-refractivity contribution in [3.63, 3.8) is 0 Å². The highest BCUT2D eigenvalue weighted by atomic mass is 32.1. The third kappa shape index (κ3) is 5.15. The molecule has 0 aromatic rings. The van der Waals surface area contributed by atoms with Crippen LogP contribution in [0, 0.1) is 0 Å². The second-order valence-electron chi connectivity index (χ2n) is 1.36. The van der Waals surface area contributed by atoms with Crippen LogP contribution in [-0.2, 0) is 9.53 Å². The Morgan fingerprint density at radius 2 is 2.60 bits per heavy atom. The molecule has 0 aromatic carbocycles. The highest BCUT2D eigenvalue weighted by molar-refractivity contribution is 7.78. The molecule has 0 saturated carbocycles. The van der Waals surface area contributed by atoms with Gasteiger partial charge in [0.1, 0.15) is 0 Å². The van der Waals surface area contributed by atoms with E-state index in [1.54, 1.807) is 6.08 Å². The summed E-state index contributed by atoms with van der Waals surface area (Å²) < 4.78 is 4.32. The molecule has 0 radical (unpaired) electrons. The Bertz CT molecular complexity index is 182. The topological polar surface area (TPSA) is 38.7 Å². The maximum Gasteiger partial charge on any atom is 0.330 e. The number of isothiocyanates is 1. The molecule has 0 atom stereocenters. The minimum atomic E-state index is -0.389. The van der Waals surface area contributed by atoms with Crippen LogP contribution in [0.15, 0.2) is 17.1 Å². The van der Waals surface area contributed by atoms with E-state index >= 15 is 0 Å². The first-order valence-electron chi connectivity index (χ1n) is 2.59. The molecular formula is C6H7NO2S. The number of hydrogen-bond acceptors (Lipinski definition) is 4. The van der Waals surface area contributed by atoms with Gasteiger partial charge in [-0.15, -0.1) is 0 Å². The quantitative estimate of drug-likeness (QED) is 0.263. The number of nitrogens with zero attached hydrogens (tertiary/aromatic N) is 1. The van der Waals surface area contributed by atoms with Crippen molar-refractivity contribution < 1.29 is 9.53 Å². The van der Waals surface area contributed by atoms with Crippen LogP contribution in [0.5, 0.6) is 0 Å². The van der Waals surface area contributed by atoms with Gasteiger partial charge in [-0.05, 0) is 12.2 Å². The molecular weight excluding hydrogens is 150 g/mol. The van der Waals surface area contributed by atoms with E-state index in [1.807, 2.05) is 0 Å². The third-order valence-corrected chi connectivity index (χ3v) is 0.845. The number of methoxy groups -OCH3 is 1. The third-order valence-electron chi connectivity index (χ3n) is 0.716. The van der Waals surface area contributed by atoms with Crippen LogP contribution >= 0.6 is 12.2 Å². The molecule has 0 aliphatic heterocycles. The van der Waals surface area contributed by atoms with Crippen molar-refractivity contribution in [2.24, 2.45) is 4.99 Å². The summed E-state index contributed by atoms with van der Waals surface area (Å²) in [6.45, 7) is 0.374. The number of hydrogen-bond donors (Lipinski definition) is 0. The molecule has 0 bridgehead atoms. The monoisotopic (exact) mass is 157 g/mol. The van der Waals surface area contributed by atoms with Gasteiger partial charge in [0.2, 0.25) is 0 Å². The molecule has 0 fully saturated rings. The van der Waals surface area contributed by atoms with Crippen molar-refractivity contribution in [1.29, 1.82) is 0 Å². The first-order valence-corrected chi connectivity index (χ1v) is 3.00. The Hall–Kier alpha value is -0.990. The summed E-state index contributed by atoms with van der Waals surface area (Å²) in [6, 6.07) is 0. The first-order chi connectivity index (χ1) is 4.81. The van der Waals surface area contributed by atoms with Crippen molar-refractivity contribution in [3.05, 3.63) is 12.2 Å². The summed E-state index contributed by atoms with van der Waals surface area (Å²) in [5.74, 6) is -0.389. The van der Waals surface area contributed by atoms with Gasteiger partial charge < -0.3 is 4.74 Å². The van der Waals surface area contributed by atoms with Gasteiger partial charge in [0.15, 0.2) is 0 Å². The summed E-state index contributed by atoms with van der Waals surface area (Å²) in [6.07, 6.45) is 2.83. The fourth-order valence-corrected chi connectivity index (χ4v) is 0.381. The van der Waals surface area contributed by atoms with Crippen LogP contribution in [0.2, 0.25) is 0 Å². The number of carbonyl (C=O) groups excluding carboxylic acids is 1. The van der Waals surface area contributed by atoms with Gasteiger partial charge in [-0.3, -0.25) is 0 Å². The predicted octanol–water partition coefficient (Wildman–Crippen LogP) is 0.818. The van der Waals surface area contributed by atoms with E-state index in [4.69, 9.17) is 0 Å². The molecule has 0 aliphatic carbocycles. The Morgan fingerprint density at radius 3 is 3.10 bits per heavy atom. The van der Waals surface area contributed by atoms with Gasteiger partial charge in [-0.25, -0.2) is 9.79 Å². The number of carbonyl (C=O) groups is 1. The molecule has 0 rings (SSSR count). The van der Waals surface area contributed by atoms with Gasteiger partial charge >= 0.3 is 5.97 Å². The van der Waals surface area contributed by atoms with Gasteiger partial charge in [0.25, 0.3) is 0 Å². The normalized spacial score (nSPS) is 8.90. The molecule has 54 valence electrons. The second-order valence-corrected chi connectivity index (χ2v) is 1.54. The minimum absolute atomic E-state index is 0.374. The lowest BCUT2D eigenvalue weighted by Crippen LogP contribution is -1.93. The zero-order chi connectivity index (χ0) is 7.82. The maximum absolute atomic E-state index is 10.4. The lowest BCUT2D eigenvalue weighted by Gasteiger charge is -1.86. The lowest BCUT2D eigenvalue weighted by atomic mass is 10.5. The van der Waals surface area contributed by atoms with Crippen molar-refractivity contribution in [2.45, 2.75) is 0 Å². The van der Waals surface area contributed by atoms with Crippen LogP contribution in [-0.4, -0.2) is 24.8 Å². The van der Waals surface area contributed by atoms with Crippen LogP contribution in [0.25, 0.3) is 0 Å². The number of thiocarbonyl (C=S) groups is 1. The highest BCUT2D eigenvalue weighted by Gasteiger charge is 1.86. The molecule has 0 aromatic heterocycles. The van der Waals surface area contributed by atoms with Crippen LogP contribution in [0.4, 0.5) is 0 Å². The Kier molecular flexibility index (Phi) is 5.53. The predicted molar refractivity (Wildman–Crippen MR) is 41.0 cm³/mol. The van der Waals surface area contributed by atoms with Crippen molar-refractivity contribution in [3.8, 4) is 0 Å². The van der Waals surface area contributed by atoms with Crippen molar-refractivity contribution >= 4 is 23.3 Å². The van der Waals surface area contributed by atoms with Gasteiger partial charge in [0, 0.05) is 6.08 Å². The van der Waals surface area contributed by atoms with Crippen molar-refractivity contribution in [1.82, 2.24) is 0 Å². The van der Waals surface area contributed by atoms with Crippen LogP contribution in [0.1, 0.15) is 0 Å².